The minimum atomic E-state index is -0.587. The predicted molar refractivity (Wildman–Crippen MR) is 103 cm³/mol. The Hall–Kier alpha value is -3.66. The van der Waals surface area contributed by atoms with E-state index in [0.29, 0.717) is 16.7 Å². The number of nitrogens with zero attached hydrogens (tertiary/aromatic N) is 1. The van der Waals surface area contributed by atoms with E-state index in [1.807, 2.05) is 48.5 Å². The zero-order valence-corrected chi connectivity index (χ0v) is 13.8. The van der Waals surface area contributed by atoms with Crippen molar-refractivity contribution in [3.63, 3.8) is 0 Å². The molecule has 1 aromatic heterocycles. The molecule has 0 atom stereocenters. The van der Waals surface area contributed by atoms with Gasteiger partial charge in [-0.25, -0.2) is 9.78 Å². The van der Waals surface area contributed by atoms with E-state index < -0.39 is 5.63 Å². The van der Waals surface area contributed by atoms with Gasteiger partial charge in [0.25, 0.3) is 0 Å². The van der Waals surface area contributed by atoms with E-state index in [1.54, 1.807) is 30.3 Å². The minimum absolute atomic E-state index is 0.0420. The van der Waals surface area contributed by atoms with E-state index in [-0.39, 0.29) is 11.5 Å². The summed E-state index contributed by atoms with van der Waals surface area (Å²) in [5.74, 6) is -0.0420. The summed E-state index contributed by atoms with van der Waals surface area (Å²) in [6, 6.07) is 24.4. The van der Waals surface area contributed by atoms with Crippen LogP contribution < -0.4 is 5.63 Å². The Bertz CT molecular complexity index is 1140. The molecule has 3 aromatic carbocycles. The number of aromatic nitrogens is 1. The van der Waals surface area contributed by atoms with Gasteiger partial charge in [-0.2, -0.15) is 0 Å². The Morgan fingerprint density at radius 1 is 0.846 bits per heavy atom. The molecule has 4 heteroatoms. The van der Waals surface area contributed by atoms with Gasteiger partial charge >= 0.3 is 5.63 Å². The number of fused-ring (bicyclic) bond motifs is 1. The van der Waals surface area contributed by atoms with Crippen molar-refractivity contribution in [2.24, 2.45) is 0 Å². The fourth-order valence-corrected chi connectivity index (χ4v) is 2.73. The van der Waals surface area contributed by atoms with E-state index in [9.17, 15) is 9.90 Å². The maximum atomic E-state index is 12.1. The van der Waals surface area contributed by atoms with Crippen molar-refractivity contribution in [3.05, 3.63) is 101 Å². The van der Waals surface area contributed by atoms with Crippen LogP contribution in [-0.2, 0) is 0 Å². The van der Waals surface area contributed by atoms with Gasteiger partial charge in [-0.3, -0.25) is 0 Å². The molecule has 0 aliphatic carbocycles. The molecule has 0 amide bonds. The third kappa shape index (κ3) is 3.13. The number of benzene rings is 3. The molecule has 1 N–H and O–H groups in total. The van der Waals surface area contributed by atoms with Crippen molar-refractivity contribution in [3.8, 4) is 11.1 Å². The van der Waals surface area contributed by atoms with Gasteiger partial charge in [-0.15, -0.1) is 0 Å². The van der Waals surface area contributed by atoms with Gasteiger partial charge in [0.1, 0.15) is 11.3 Å². The summed E-state index contributed by atoms with van der Waals surface area (Å²) in [6.07, 6.45) is 1.33. The third-order valence-electron chi connectivity index (χ3n) is 4.08. The fourth-order valence-electron chi connectivity index (χ4n) is 2.73. The topological polar surface area (TPSA) is 63.3 Å². The average molecular weight is 341 g/mol. The SMILES string of the molecule is O=c1oc2ccccc2nc1C=C(O)c1ccc(-c2ccccc2)cc1. The quantitative estimate of drug-likeness (QED) is 0.538. The normalized spacial score (nSPS) is 11.6. The summed E-state index contributed by atoms with van der Waals surface area (Å²) >= 11 is 0. The van der Waals surface area contributed by atoms with Crippen LogP contribution in [-0.4, -0.2) is 10.1 Å². The van der Waals surface area contributed by atoms with Crippen LogP contribution in [0.1, 0.15) is 11.3 Å². The molecule has 4 nitrogen and oxygen atoms in total. The Morgan fingerprint density at radius 2 is 1.50 bits per heavy atom. The number of hydrogen-bond acceptors (Lipinski definition) is 4. The molecule has 4 rings (SSSR count). The maximum Gasteiger partial charge on any atom is 0.362 e. The second kappa shape index (κ2) is 6.69. The van der Waals surface area contributed by atoms with Crippen molar-refractivity contribution in [2.75, 3.05) is 0 Å². The highest BCUT2D eigenvalue weighted by Gasteiger charge is 2.07. The highest BCUT2D eigenvalue weighted by atomic mass is 16.4. The van der Waals surface area contributed by atoms with Crippen molar-refractivity contribution >= 4 is 22.9 Å². The number of rotatable bonds is 3. The van der Waals surface area contributed by atoms with Gasteiger partial charge in [0.2, 0.25) is 0 Å². The van der Waals surface area contributed by atoms with Gasteiger partial charge in [0.05, 0.1) is 0 Å². The standard InChI is InChI=1S/C22H15NO3/c24-20(14-19-22(25)26-21-9-5-4-8-18(21)23-19)17-12-10-16(11-13-17)15-6-2-1-3-7-15/h1-14,24H. The molecule has 4 aromatic rings. The first-order valence-electron chi connectivity index (χ1n) is 8.17. The Labute approximate surface area is 149 Å². The molecule has 1 heterocycles. The van der Waals surface area contributed by atoms with Crippen molar-refractivity contribution in [2.45, 2.75) is 0 Å². The van der Waals surface area contributed by atoms with Crippen molar-refractivity contribution < 1.29 is 9.52 Å². The number of hydrogen-bond donors (Lipinski definition) is 1. The third-order valence-corrected chi connectivity index (χ3v) is 4.08. The first kappa shape index (κ1) is 15.8. The first-order chi connectivity index (χ1) is 12.7. The molecule has 0 aliphatic heterocycles. The summed E-state index contributed by atoms with van der Waals surface area (Å²) in [4.78, 5) is 16.3. The van der Waals surface area contributed by atoms with Gasteiger partial charge in [-0.05, 0) is 23.3 Å². The minimum Gasteiger partial charge on any atom is -0.507 e. The highest BCUT2D eigenvalue weighted by Crippen LogP contribution is 2.22. The average Bonchev–Trinajstić information content (AvgIpc) is 2.69. The highest BCUT2D eigenvalue weighted by molar-refractivity contribution is 5.79. The number of aliphatic hydroxyl groups is 1. The monoisotopic (exact) mass is 341 g/mol. The van der Waals surface area contributed by atoms with Crippen LogP contribution in [0.4, 0.5) is 0 Å². The molecule has 0 radical (unpaired) electrons. The summed E-state index contributed by atoms with van der Waals surface area (Å²) < 4.78 is 5.23. The zero-order chi connectivity index (χ0) is 17.9. The van der Waals surface area contributed by atoms with Crippen LogP contribution in [0.25, 0.3) is 34.1 Å². The van der Waals surface area contributed by atoms with E-state index in [2.05, 4.69) is 4.98 Å². The first-order valence-corrected chi connectivity index (χ1v) is 8.17. The number of para-hydroxylation sites is 2. The molecule has 0 saturated carbocycles. The molecule has 0 fully saturated rings. The van der Waals surface area contributed by atoms with Crippen LogP contribution in [0.3, 0.4) is 0 Å². The molecule has 126 valence electrons. The lowest BCUT2D eigenvalue weighted by atomic mass is 10.0. The van der Waals surface area contributed by atoms with Crippen LogP contribution in [0.5, 0.6) is 0 Å². The molecule has 0 bridgehead atoms. The second-order valence-electron chi connectivity index (χ2n) is 5.83. The molecular weight excluding hydrogens is 326 g/mol. The zero-order valence-electron chi connectivity index (χ0n) is 13.8. The molecule has 0 unspecified atom stereocenters. The van der Waals surface area contributed by atoms with Crippen molar-refractivity contribution in [1.82, 2.24) is 4.98 Å². The van der Waals surface area contributed by atoms with Crippen molar-refractivity contribution in [1.29, 1.82) is 0 Å². The van der Waals surface area contributed by atoms with E-state index in [4.69, 9.17) is 4.42 Å². The molecule has 26 heavy (non-hydrogen) atoms. The maximum absolute atomic E-state index is 12.1. The summed E-state index contributed by atoms with van der Waals surface area (Å²) in [7, 11) is 0. The van der Waals surface area contributed by atoms with E-state index in [1.165, 1.54) is 6.08 Å². The van der Waals surface area contributed by atoms with Crippen LogP contribution in [0.2, 0.25) is 0 Å². The Balaban J connectivity index is 1.68. The number of aliphatic hydroxyl groups excluding tert-OH is 1. The fraction of sp³-hybridized carbons (Fsp3) is 0. The second-order valence-corrected chi connectivity index (χ2v) is 5.83. The van der Waals surface area contributed by atoms with Crippen LogP contribution in [0.15, 0.2) is 88.1 Å². The molecule has 0 saturated heterocycles. The summed E-state index contributed by atoms with van der Waals surface area (Å²) in [5.41, 5.74) is 3.19. The van der Waals surface area contributed by atoms with Gasteiger partial charge in [0.15, 0.2) is 11.3 Å². The lowest BCUT2D eigenvalue weighted by Gasteiger charge is -2.04. The molecule has 0 aliphatic rings. The smallest absolute Gasteiger partial charge is 0.362 e. The Kier molecular flexibility index (Phi) is 4.07. The lowest BCUT2D eigenvalue weighted by molar-refractivity contribution is 0.514. The van der Waals surface area contributed by atoms with E-state index >= 15 is 0 Å². The lowest BCUT2D eigenvalue weighted by Crippen LogP contribution is -2.06. The summed E-state index contributed by atoms with van der Waals surface area (Å²) in [5, 5.41) is 10.4. The largest absolute Gasteiger partial charge is 0.507 e. The van der Waals surface area contributed by atoms with Gasteiger partial charge in [-0.1, -0.05) is 66.7 Å². The molecule has 0 spiro atoms. The molecular formula is C22H15NO3. The predicted octanol–water partition coefficient (Wildman–Crippen LogP) is 4.91. The summed E-state index contributed by atoms with van der Waals surface area (Å²) in [6.45, 7) is 0. The van der Waals surface area contributed by atoms with Crippen LogP contribution >= 0.6 is 0 Å². The van der Waals surface area contributed by atoms with Gasteiger partial charge in [0, 0.05) is 11.6 Å². The van der Waals surface area contributed by atoms with Crippen LogP contribution in [0, 0.1) is 0 Å². The van der Waals surface area contributed by atoms with E-state index in [0.717, 1.165) is 11.1 Å². The Morgan fingerprint density at radius 3 is 2.27 bits per heavy atom. The van der Waals surface area contributed by atoms with Gasteiger partial charge < -0.3 is 9.52 Å².